The third-order valence-electron chi connectivity index (χ3n) is 4.56. The third-order valence-corrected chi connectivity index (χ3v) is 5.47. The van der Waals surface area contributed by atoms with Crippen LogP contribution in [0.1, 0.15) is 10.4 Å². The molecule has 0 fully saturated rings. The number of carboxylic acids is 1. The molecule has 8 nitrogen and oxygen atoms in total. The van der Waals surface area contributed by atoms with E-state index in [1.165, 1.54) is 36.4 Å². The summed E-state index contributed by atoms with van der Waals surface area (Å²) in [6, 6.07) is 16.7. The van der Waals surface area contributed by atoms with Gasteiger partial charge in [0.25, 0.3) is 10.1 Å². The van der Waals surface area contributed by atoms with E-state index in [0.29, 0.717) is 27.2 Å². The van der Waals surface area contributed by atoms with Crippen molar-refractivity contribution in [2.45, 2.75) is 4.90 Å². The first kappa shape index (κ1) is 23.1. The molecule has 0 saturated carbocycles. The minimum atomic E-state index is -4.40. The Morgan fingerprint density at radius 1 is 0.871 bits per heavy atom. The van der Waals surface area contributed by atoms with Crippen LogP contribution in [-0.4, -0.2) is 56.7 Å². The van der Waals surface area contributed by atoms with Gasteiger partial charge >= 0.3 is 37.7 Å². The zero-order valence-corrected chi connectivity index (χ0v) is 18.9. The molecule has 0 heterocycles. The first-order chi connectivity index (χ1) is 14.3. The number of aromatic carboxylic acids is 1. The molecule has 0 spiro atoms. The SMILES string of the molecule is O=C([O-])c1cc2ccccc2c(N=Nc2ccc3c(S(=O)(=O)O)cccc3c2)c1[O-].[Ca+2]. The topological polar surface area (TPSA) is 142 Å². The van der Waals surface area contributed by atoms with Crippen molar-refractivity contribution >= 4 is 86.7 Å². The van der Waals surface area contributed by atoms with E-state index in [1.807, 2.05) is 0 Å². The van der Waals surface area contributed by atoms with Crippen molar-refractivity contribution in [3.05, 3.63) is 72.3 Å². The van der Waals surface area contributed by atoms with E-state index >= 15 is 0 Å². The Labute approximate surface area is 206 Å². The van der Waals surface area contributed by atoms with Gasteiger partial charge in [0.2, 0.25) is 0 Å². The summed E-state index contributed by atoms with van der Waals surface area (Å²) in [5.41, 5.74) is -0.352. The van der Waals surface area contributed by atoms with Gasteiger partial charge in [0, 0.05) is 10.8 Å². The molecule has 0 aromatic heterocycles. The minimum absolute atomic E-state index is 0. The van der Waals surface area contributed by atoms with Gasteiger partial charge in [-0.2, -0.15) is 18.6 Å². The van der Waals surface area contributed by atoms with Crippen LogP contribution in [0.25, 0.3) is 21.5 Å². The number of carbonyl (C=O) groups excluding carboxylic acids is 1. The zero-order valence-electron chi connectivity index (χ0n) is 15.8. The molecule has 0 aliphatic carbocycles. The standard InChI is InChI=1S/C21H14N2O6S.Ca/c24-20-17(21(25)26)11-13-4-1-2-6-16(13)19(20)23-22-14-8-9-15-12(10-14)5-3-7-18(15)30(27,28)29;/h1-11,24H,(H,25,26)(H,27,28,29);/q;+2/p-2. The quantitative estimate of drug-likeness (QED) is 0.282. The summed E-state index contributed by atoms with van der Waals surface area (Å²) < 4.78 is 32.4. The maximum Gasteiger partial charge on any atom is 2.00 e. The summed E-state index contributed by atoms with van der Waals surface area (Å²) in [5.74, 6) is -2.42. The fourth-order valence-electron chi connectivity index (χ4n) is 3.20. The summed E-state index contributed by atoms with van der Waals surface area (Å²) in [6.07, 6.45) is 0. The molecule has 0 bridgehead atoms. The molecule has 0 atom stereocenters. The molecular formula is C21H12CaN2O6S. The van der Waals surface area contributed by atoms with E-state index in [1.54, 1.807) is 30.3 Å². The molecule has 10 heteroatoms. The maximum absolute atomic E-state index is 12.5. The van der Waals surface area contributed by atoms with Gasteiger partial charge in [-0.3, -0.25) is 4.55 Å². The molecule has 4 aromatic carbocycles. The fourth-order valence-corrected chi connectivity index (χ4v) is 3.91. The molecule has 0 radical (unpaired) electrons. The van der Waals surface area contributed by atoms with Crippen molar-refractivity contribution in [2.24, 2.45) is 10.2 Å². The van der Waals surface area contributed by atoms with E-state index in [4.69, 9.17) is 0 Å². The predicted molar refractivity (Wildman–Crippen MR) is 111 cm³/mol. The molecule has 0 unspecified atom stereocenters. The molecule has 4 rings (SSSR count). The van der Waals surface area contributed by atoms with Crippen molar-refractivity contribution in [3.8, 4) is 5.75 Å². The molecule has 150 valence electrons. The molecular weight excluding hydrogens is 448 g/mol. The number of carbonyl (C=O) groups is 1. The third kappa shape index (κ3) is 4.55. The van der Waals surface area contributed by atoms with Gasteiger partial charge in [-0.05, 0) is 40.6 Å². The fraction of sp³-hybridized carbons (Fsp3) is 0. The van der Waals surface area contributed by atoms with Crippen LogP contribution in [0.15, 0.2) is 81.9 Å². The summed E-state index contributed by atoms with van der Waals surface area (Å²) in [7, 11) is -4.40. The van der Waals surface area contributed by atoms with Crippen molar-refractivity contribution < 1.29 is 28.0 Å². The molecule has 31 heavy (non-hydrogen) atoms. The van der Waals surface area contributed by atoms with Crippen LogP contribution in [-0.2, 0) is 10.1 Å². The number of carboxylic acid groups (broad SMARTS) is 1. The van der Waals surface area contributed by atoms with Gasteiger partial charge in [0.15, 0.2) is 0 Å². The van der Waals surface area contributed by atoms with Gasteiger partial charge < -0.3 is 15.0 Å². The van der Waals surface area contributed by atoms with Crippen LogP contribution >= 0.6 is 0 Å². The molecule has 4 aromatic rings. The number of benzene rings is 4. The van der Waals surface area contributed by atoms with Gasteiger partial charge in [-0.15, -0.1) is 0 Å². The molecule has 1 N–H and O–H groups in total. The van der Waals surface area contributed by atoms with Crippen molar-refractivity contribution in [1.29, 1.82) is 0 Å². The first-order valence-corrected chi connectivity index (χ1v) is 10.1. The largest absolute Gasteiger partial charge is 2.00 e. The van der Waals surface area contributed by atoms with E-state index in [0.717, 1.165) is 0 Å². The maximum atomic E-state index is 12.5. The molecule has 0 saturated heterocycles. The smallest absolute Gasteiger partial charge is 0.871 e. The minimum Gasteiger partial charge on any atom is -0.871 e. The Morgan fingerprint density at radius 3 is 2.26 bits per heavy atom. The van der Waals surface area contributed by atoms with Gasteiger partial charge in [0.1, 0.15) is 4.90 Å². The normalized spacial score (nSPS) is 11.6. The number of hydrogen-bond donors (Lipinski definition) is 1. The van der Waals surface area contributed by atoms with Crippen LogP contribution < -0.4 is 10.2 Å². The number of rotatable bonds is 4. The Bertz CT molecular complexity index is 1470. The number of fused-ring (bicyclic) bond motifs is 2. The Kier molecular flexibility index (Phi) is 6.63. The van der Waals surface area contributed by atoms with Crippen molar-refractivity contribution in [1.82, 2.24) is 0 Å². The summed E-state index contributed by atoms with van der Waals surface area (Å²) in [6.45, 7) is 0. The molecule has 0 aliphatic rings. The average molecular weight is 460 g/mol. The second-order valence-corrected chi connectivity index (χ2v) is 7.84. The van der Waals surface area contributed by atoms with Gasteiger partial charge in [0.05, 0.1) is 17.3 Å². The monoisotopic (exact) mass is 460 g/mol. The average Bonchev–Trinajstić information content (AvgIpc) is 2.71. The van der Waals surface area contributed by atoms with Crippen LogP contribution in [0.2, 0.25) is 0 Å². The summed E-state index contributed by atoms with van der Waals surface area (Å²) in [5, 5.41) is 33.6. The van der Waals surface area contributed by atoms with Gasteiger partial charge in [-0.1, -0.05) is 48.2 Å². The Hall–Kier alpha value is -2.56. The van der Waals surface area contributed by atoms with E-state index < -0.39 is 27.4 Å². The number of hydrogen-bond acceptors (Lipinski definition) is 7. The van der Waals surface area contributed by atoms with E-state index in [9.17, 15) is 28.0 Å². The van der Waals surface area contributed by atoms with Crippen LogP contribution in [0.3, 0.4) is 0 Å². The number of azo groups is 1. The van der Waals surface area contributed by atoms with Crippen molar-refractivity contribution in [2.75, 3.05) is 0 Å². The summed E-state index contributed by atoms with van der Waals surface area (Å²) in [4.78, 5) is 11.1. The predicted octanol–water partition coefficient (Wildman–Crippen LogP) is 2.71. The second kappa shape index (κ2) is 8.89. The first-order valence-electron chi connectivity index (χ1n) is 8.62. The summed E-state index contributed by atoms with van der Waals surface area (Å²) >= 11 is 0. The molecule has 0 amide bonds. The van der Waals surface area contributed by atoms with Crippen LogP contribution in [0.5, 0.6) is 5.75 Å². The van der Waals surface area contributed by atoms with E-state index in [2.05, 4.69) is 10.2 Å². The number of nitrogens with zero attached hydrogens (tertiary/aromatic N) is 2. The van der Waals surface area contributed by atoms with Crippen molar-refractivity contribution in [3.63, 3.8) is 0 Å². The Balaban J connectivity index is 0.00000272. The second-order valence-electron chi connectivity index (χ2n) is 6.45. The molecule has 0 aliphatic heterocycles. The van der Waals surface area contributed by atoms with E-state index in [-0.39, 0.29) is 48.3 Å². The van der Waals surface area contributed by atoms with Gasteiger partial charge in [-0.25, -0.2) is 0 Å². The van der Waals surface area contributed by atoms with Crippen LogP contribution in [0, 0.1) is 0 Å². The Morgan fingerprint density at radius 2 is 1.55 bits per heavy atom. The zero-order chi connectivity index (χ0) is 21.5. The van der Waals surface area contributed by atoms with Crippen LogP contribution in [0.4, 0.5) is 11.4 Å².